The van der Waals surface area contributed by atoms with Crippen molar-refractivity contribution in [3.05, 3.63) is 11.8 Å². The zero-order chi connectivity index (χ0) is 17.2. The number of hydrogen-bond acceptors (Lipinski definition) is 7. The fourth-order valence-electron chi connectivity index (χ4n) is 1.57. The second kappa shape index (κ2) is 9.85. The summed E-state index contributed by atoms with van der Waals surface area (Å²) in [4.78, 5) is 34.3. The molecule has 1 atom stereocenters. The summed E-state index contributed by atoms with van der Waals surface area (Å²) >= 11 is 1.07. The number of ether oxygens (including phenoxy) is 1. The fraction of sp³-hybridized carbons (Fsp3) is 0.538. The smallest absolute Gasteiger partial charge is 0.326 e. The Morgan fingerprint density at radius 3 is 2.65 bits per heavy atom. The fourth-order valence-corrected chi connectivity index (χ4v) is 2.20. The molecule has 10 heteroatoms. The minimum Gasteiger partial charge on any atom is -0.480 e. The first kappa shape index (κ1) is 19.0. The number of carboxylic acids is 1. The Morgan fingerprint density at radius 1 is 1.39 bits per heavy atom. The SMILES string of the molecule is COCCC(NC(=O)CSCC(=O)Nc1cc(C)on1)C(=O)O. The molecule has 2 amide bonds. The van der Waals surface area contributed by atoms with Crippen LogP contribution < -0.4 is 10.6 Å². The van der Waals surface area contributed by atoms with Crippen LogP contribution in [-0.2, 0) is 19.1 Å². The molecule has 128 valence electrons. The van der Waals surface area contributed by atoms with Crippen LogP contribution in [0.4, 0.5) is 5.82 Å². The van der Waals surface area contributed by atoms with E-state index in [-0.39, 0.29) is 30.4 Å². The van der Waals surface area contributed by atoms with Gasteiger partial charge in [-0.2, -0.15) is 0 Å². The molecular formula is C13H19N3O6S. The van der Waals surface area contributed by atoms with E-state index in [1.54, 1.807) is 13.0 Å². The Kier molecular flexibility index (Phi) is 8.13. The van der Waals surface area contributed by atoms with Crippen molar-refractivity contribution in [1.29, 1.82) is 0 Å². The van der Waals surface area contributed by atoms with Gasteiger partial charge in [-0.05, 0) is 6.92 Å². The van der Waals surface area contributed by atoms with Crippen molar-refractivity contribution in [3.63, 3.8) is 0 Å². The van der Waals surface area contributed by atoms with Crippen molar-refractivity contribution < 1.29 is 28.8 Å². The number of carboxylic acid groups (broad SMARTS) is 1. The number of nitrogens with one attached hydrogen (secondary N) is 2. The van der Waals surface area contributed by atoms with E-state index in [0.29, 0.717) is 11.6 Å². The van der Waals surface area contributed by atoms with Crippen LogP contribution in [0.15, 0.2) is 10.6 Å². The van der Waals surface area contributed by atoms with Gasteiger partial charge < -0.3 is 25.0 Å². The van der Waals surface area contributed by atoms with Crippen molar-refractivity contribution in [2.75, 3.05) is 30.5 Å². The van der Waals surface area contributed by atoms with Crippen molar-refractivity contribution in [1.82, 2.24) is 10.5 Å². The molecule has 1 unspecified atom stereocenters. The maximum atomic E-state index is 11.7. The molecular weight excluding hydrogens is 326 g/mol. The van der Waals surface area contributed by atoms with Gasteiger partial charge in [-0.25, -0.2) is 4.79 Å². The second-order valence-electron chi connectivity index (χ2n) is 4.60. The molecule has 1 aromatic rings. The van der Waals surface area contributed by atoms with Crippen LogP contribution in [0.5, 0.6) is 0 Å². The maximum absolute atomic E-state index is 11.7. The summed E-state index contributed by atoms with van der Waals surface area (Å²) in [5.74, 6) is -1.02. The second-order valence-corrected chi connectivity index (χ2v) is 5.59. The third kappa shape index (κ3) is 7.66. The van der Waals surface area contributed by atoms with Crippen molar-refractivity contribution >= 4 is 35.4 Å². The number of carbonyl (C=O) groups is 3. The molecule has 0 spiro atoms. The Labute approximate surface area is 137 Å². The van der Waals surface area contributed by atoms with Crippen LogP contribution in [0.2, 0.25) is 0 Å². The number of carbonyl (C=O) groups excluding carboxylic acids is 2. The number of thioether (sulfide) groups is 1. The van der Waals surface area contributed by atoms with E-state index in [4.69, 9.17) is 14.4 Å². The standard InChI is InChI=1S/C13H19N3O6S/c1-8-5-10(16-22-8)15-12(18)7-23-6-11(17)14-9(13(19)20)3-4-21-2/h5,9H,3-4,6-7H2,1-2H3,(H,14,17)(H,19,20)(H,15,16,18). The van der Waals surface area contributed by atoms with Gasteiger partial charge >= 0.3 is 5.97 Å². The van der Waals surface area contributed by atoms with Gasteiger partial charge in [0.1, 0.15) is 11.8 Å². The van der Waals surface area contributed by atoms with Gasteiger partial charge in [0.15, 0.2) is 5.82 Å². The van der Waals surface area contributed by atoms with Crippen LogP contribution in [0.1, 0.15) is 12.2 Å². The lowest BCUT2D eigenvalue weighted by Crippen LogP contribution is -2.42. The molecule has 9 nitrogen and oxygen atoms in total. The van der Waals surface area contributed by atoms with E-state index in [9.17, 15) is 14.4 Å². The molecule has 0 bridgehead atoms. The Hall–Kier alpha value is -2.07. The lowest BCUT2D eigenvalue weighted by molar-refractivity contribution is -0.142. The number of aromatic nitrogens is 1. The molecule has 1 rings (SSSR count). The van der Waals surface area contributed by atoms with E-state index < -0.39 is 17.9 Å². The van der Waals surface area contributed by atoms with Gasteiger partial charge in [-0.15, -0.1) is 11.8 Å². The largest absolute Gasteiger partial charge is 0.480 e. The van der Waals surface area contributed by atoms with Crippen molar-refractivity contribution in [3.8, 4) is 0 Å². The number of methoxy groups -OCH3 is 1. The minimum atomic E-state index is -1.13. The zero-order valence-corrected chi connectivity index (χ0v) is 13.6. The van der Waals surface area contributed by atoms with Crippen molar-refractivity contribution in [2.45, 2.75) is 19.4 Å². The number of amides is 2. The van der Waals surface area contributed by atoms with Gasteiger partial charge in [0.25, 0.3) is 0 Å². The first-order valence-corrected chi connectivity index (χ1v) is 7.90. The lowest BCUT2D eigenvalue weighted by atomic mass is 10.2. The summed E-state index contributed by atoms with van der Waals surface area (Å²) in [5.41, 5.74) is 0. The van der Waals surface area contributed by atoms with E-state index in [0.717, 1.165) is 11.8 Å². The molecule has 3 N–H and O–H groups in total. The Bertz CT molecular complexity index is 548. The van der Waals surface area contributed by atoms with Crippen LogP contribution in [-0.4, -0.2) is 59.3 Å². The number of aryl methyl sites for hydroxylation is 1. The molecule has 1 aromatic heterocycles. The molecule has 0 fully saturated rings. The molecule has 0 aliphatic heterocycles. The van der Waals surface area contributed by atoms with E-state index in [1.807, 2.05) is 0 Å². The molecule has 0 saturated carbocycles. The molecule has 0 aliphatic rings. The predicted molar refractivity (Wildman–Crippen MR) is 83.3 cm³/mol. The van der Waals surface area contributed by atoms with Gasteiger partial charge in [0.2, 0.25) is 11.8 Å². The third-order valence-electron chi connectivity index (χ3n) is 2.61. The predicted octanol–water partition coefficient (Wildman–Crippen LogP) is 0.261. The number of nitrogens with zero attached hydrogens (tertiary/aromatic N) is 1. The summed E-state index contributed by atoms with van der Waals surface area (Å²) < 4.78 is 9.59. The summed E-state index contributed by atoms with van der Waals surface area (Å²) in [6.45, 7) is 1.92. The molecule has 0 aliphatic carbocycles. The van der Waals surface area contributed by atoms with Crippen molar-refractivity contribution in [2.24, 2.45) is 0 Å². The summed E-state index contributed by atoms with van der Waals surface area (Å²) in [5, 5.41) is 17.5. The first-order valence-electron chi connectivity index (χ1n) is 6.74. The molecule has 23 heavy (non-hydrogen) atoms. The lowest BCUT2D eigenvalue weighted by Gasteiger charge is -2.13. The van der Waals surface area contributed by atoms with Crippen LogP contribution in [0, 0.1) is 6.92 Å². The normalized spacial score (nSPS) is 11.7. The highest BCUT2D eigenvalue weighted by molar-refractivity contribution is 8.00. The average Bonchev–Trinajstić information content (AvgIpc) is 2.88. The summed E-state index contributed by atoms with van der Waals surface area (Å²) in [6.07, 6.45) is 0.175. The monoisotopic (exact) mass is 345 g/mol. The quantitative estimate of drug-likeness (QED) is 0.550. The number of rotatable bonds is 10. The minimum absolute atomic E-state index is 0.0258. The molecule has 0 aromatic carbocycles. The van der Waals surface area contributed by atoms with Gasteiger partial charge in [0.05, 0.1) is 11.5 Å². The first-order chi connectivity index (χ1) is 10.9. The van der Waals surface area contributed by atoms with Crippen LogP contribution in [0.25, 0.3) is 0 Å². The third-order valence-corrected chi connectivity index (χ3v) is 3.54. The molecule has 0 saturated heterocycles. The van der Waals surface area contributed by atoms with E-state index in [1.165, 1.54) is 7.11 Å². The number of hydrogen-bond donors (Lipinski definition) is 3. The number of anilines is 1. The average molecular weight is 345 g/mol. The molecule has 1 heterocycles. The number of aliphatic carboxylic acids is 1. The highest BCUT2D eigenvalue weighted by atomic mass is 32.2. The summed E-state index contributed by atoms with van der Waals surface area (Å²) in [6, 6.07) is 0.567. The summed E-state index contributed by atoms with van der Waals surface area (Å²) in [7, 11) is 1.45. The highest BCUT2D eigenvalue weighted by Gasteiger charge is 2.19. The maximum Gasteiger partial charge on any atom is 0.326 e. The van der Waals surface area contributed by atoms with Gasteiger partial charge in [-0.1, -0.05) is 5.16 Å². The highest BCUT2D eigenvalue weighted by Crippen LogP contribution is 2.08. The topological polar surface area (TPSA) is 131 Å². The zero-order valence-electron chi connectivity index (χ0n) is 12.8. The Morgan fingerprint density at radius 2 is 2.09 bits per heavy atom. The Balaban J connectivity index is 2.26. The van der Waals surface area contributed by atoms with Crippen LogP contribution >= 0.6 is 11.8 Å². The van der Waals surface area contributed by atoms with Crippen LogP contribution in [0.3, 0.4) is 0 Å². The molecule has 0 radical (unpaired) electrons. The van der Waals surface area contributed by atoms with E-state index >= 15 is 0 Å². The van der Waals surface area contributed by atoms with Gasteiger partial charge in [0, 0.05) is 26.2 Å². The van der Waals surface area contributed by atoms with Gasteiger partial charge in [-0.3, -0.25) is 9.59 Å². The van der Waals surface area contributed by atoms with E-state index in [2.05, 4.69) is 15.8 Å².